The van der Waals surface area contributed by atoms with E-state index in [1.807, 2.05) is 47.4 Å². The number of hydrogen-bond donors (Lipinski definition) is 0. The molecule has 2 aromatic carbocycles. The lowest BCUT2D eigenvalue weighted by molar-refractivity contribution is -0.118. The first-order valence-corrected chi connectivity index (χ1v) is 7.82. The first kappa shape index (κ1) is 15.4. The Morgan fingerprint density at radius 2 is 1.96 bits per heavy atom. The molecule has 1 aliphatic heterocycles. The number of aryl methyl sites for hydroxylation is 1. The third-order valence-corrected chi connectivity index (χ3v) is 4.24. The van der Waals surface area contributed by atoms with Gasteiger partial charge in [0.25, 0.3) is 0 Å². The van der Waals surface area contributed by atoms with Gasteiger partial charge in [-0.3, -0.25) is 4.79 Å². The number of rotatable bonds is 4. The molecular weight excluding hydrogens is 290 g/mol. The molecule has 0 aromatic heterocycles. The maximum absolute atomic E-state index is 12.8. The number of carbonyl (C=O) groups excluding carboxylic acids is 1. The monoisotopic (exact) mass is 311 g/mol. The molecule has 3 rings (SSSR count). The molecule has 0 saturated carbocycles. The van der Waals surface area contributed by atoms with Crippen LogP contribution in [-0.2, 0) is 17.6 Å². The fraction of sp³-hybridized carbons (Fsp3) is 0.316. The van der Waals surface area contributed by atoms with Crippen LogP contribution in [0.25, 0.3) is 0 Å². The number of fused-ring (bicyclic) bond motifs is 1. The van der Waals surface area contributed by atoms with Gasteiger partial charge in [0.2, 0.25) is 5.91 Å². The largest absolute Gasteiger partial charge is 0.497 e. The fourth-order valence-corrected chi connectivity index (χ4v) is 3.07. The molecule has 0 bridgehead atoms. The summed E-state index contributed by atoms with van der Waals surface area (Å²) in [5.74, 6) is 1.69. The van der Waals surface area contributed by atoms with Crippen LogP contribution < -0.4 is 14.4 Å². The zero-order valence-electron chi connectivity index (χ0n) is 13.5. The Morgan fingerprint density at radius 3 is 2.74 bits per heavy atom. The van der Waals surface area contributed by atoms with Crippen LogP contribution in [0.15, 0.2) is 42.5 Å². The van der Waals surface area contributed by atoms with Crippen molar-refractivity contribution in [3.63, 3.8) is 0 Å². The third-order valence-electron chi connectivity index (χ3n) is 4.24. The zero-order chi connectivity index (χ0) is 16.2. The number of benzene rings is 2. The highest BCUT2D eigenvalue weighted by Crippen LogP contribution is 2.31. The van der Waals surface area contributed by atoms with Crippen molar-refractivity contribution in [3.8, 4) is 11.5 Å². The number of methoxy groups -OCH3 is 2. The van der Waals surface area contributed by atoms with E-state index in [9.17, 15) is 4.79 Å². The second-order valence-electron chi connectivity index (χ2n) is 5.63. The molecule has 1 aliphatic rings. The summed E-state index contributed by atoms with van der Waals surface area (Å²) in [6, 6.07) is 13.6. The van der Waals surface area contributed by atoms with E-state index in [0.717, 1.165) is 42.1 Å². The lowest BCUT2D eigenvalue weighted by Gasteiger charge is -2.30. The summed E-state index contributed by atoms with van der Waals surface area (Å²) in [4.78, 5) is 14.7. The minimum Gasteiger partial charge on any atom is -0.497 e. The number of para-hydroxylation sites is 1. The van der Waals surface area contributed by atoms with E-state index in [1.165, 1.54) is 5.56 Å². The predicted molar refractivity (Wildman–Crippen MR) is 90.4 cm³/mol. The standard InChI is InChI=1S/C19H21NO3/c1-22-16-9-10-17-14(12-16)7-5-11-20(17)19(21)13-15-6-3-4-8-18(15)23-2/h3-4,6,8-10,12H,5,7,11,13H2,1-2H3. The molecule has 0 saturated heterocycles. The fourth-order valence-electron chi connectivity index (χ4n) is 3.07. The van der Waals surface area contributed by atoms with Gasteiger partial charge in [0.1, 0.15) is 11.5 Å². The van der Waals surface area contributed by atoms with Gasteiger partial charge in [-0.05, 0) is 42.7 Å². The molecule has 0 spiro atoms. The van der Waals surface area contributed by atoms with Crippen molar-refractivity contribution in [1.82, 2.24) is 0 Å². The Kier molecular flexibility index (Phi) is 4.51. The molecule has 1 amide bonds. The Bertz CT molecular complexity index is 712. The molecule has 23 heavy (non-hydrogen) atoms. The predicted octanol–water partition coefficient (Wildman–Crippen LogP) is 3.23. The molecule has 2 aromatic rings. The van der Waals surface area contributed by atoms with Crippen molar-refractivity contribution in [2.24, 2.45) is 0 Å². The van der Waals surface area contributed by atoms with Crippen molar-refractivity contribution < 1.29 is 14.3 Å². The number of hydrogen-bond acceptors (Lipinski definition) is 3. The number of amides is 1. The maximum Gasteiger partial charge on any atom is 0.231 e. The van der Waals surface area contributed by atoms with Gasteiger partial charge in [-0.2, -0.15) is 0 Å². The average molecular weight is 311 g/mol. The van der Waals surface area contributed by atoms with Crippen LogP contribution in [0, 0.1) is 0 Å². The maximum atomic E-state index is 12.8. The molecule has 0 N–H and O–H groups in total. The minimum atomic E-state index is 0.0978. The van der Waals surface area contributed by atoms with E-state index in [-0.39, 0.29) is 5.91 Å². The summed E-state index contributed by atoms with van der Waals surface area (Å²) in [6.07, 6.45) is 2.29. The van der Waals surface area contributed by atoms with Crippen molar-refractivity contribution in [2.45, 2.75) is 19.3 Å². The van der Waals surface area contributed by atoms with Gasteiger partial charge < -0.3 is 14.4 Å². The molecule has 0 unspecified atom stereocenters. The van der Waals surface area contributed by atoms with E-state index in [4.69, 9.17) is 9.47 Å². The Morgan fingerprint density at radius 1 is 1.13 bits per heavy atom. The topological polar surface area (TPSA) is 38.8 Å². The van der Waals surface area contributed by atoms with Crippen LogP contribution in [0.5, 0.6) is 11.5 Å². The molecule has 0 fully saturated rings. The molecule has 120 valence electrons. The van der Waals surface area contributed by atoms with Gasteiger partial charge in [0.05, 0.1) is 20.6 Å². The van der Waals surface area contributed by atoms with E-state index in [1.54, 1.807) is 14.2 Å². The third kappa shape index (κ3) is 3.16. The molecule has 1 heterocycles. The first-order valence-electron chi connectivity index (χ1n) is 7.82. The molecule has 4 heteroatoms. The van der Waals surface area contributed by atoms with Crippen LogP contribution in [0.1, 0.15) is 17.5 Å². The number of anilines is 1. The summed E-state index contributed by atoms with van der Waals surface area (Å²) in [6.45, 7) is 0.757. The van der Waals surface area contributed by atoms with Gasteiger partial charge in [-0.1, -0.05) is 18.2 Å². The highest BCUT2D eigenvalue weighted by atomic mass is 16.5. The van der Waals surface area contributed by atoms with Crippen LogP contribution in [0.2, 0.25) is 0 Å². The molecule has 0 aliphatic carbocycles. The van der Waals surface area contributed by atoms with Crippen molar-refractivity contribution in [1.29, 1.82) is 0 Å². The second-order valence-corrected chi connectivity index (χ2v) is 5.63. The van der Waals surface area contributed by atoms with Crippen molar-refractivity contribution in [3.05, 3.63) is 53.6 Å². The molecule has 4 nitrogen and oxygen atoms in total. The summed E-state index contributed by atoms with van der Waals surface area (Å²) in [5.41, 5.74) is 3.08. The van der Waals surface area contributed by atoms with Gasteiger partial charge in [0.15, 0.2) is 0 Å². The molecule has 0 atom stereocenters. The van der Waals surface area contributed by atoms with Crippen LogP contribution in [0.3, 0.4) is 0 Å². The van der Waals surface area contributed by atoms with Crippen molar-refractivity contribution in [2.75, 3.05) is 25.7 Å². The number of carbonyl (C=O) groups is 1. The van der Waals surface area contributed by atoms with Gasteiger partial charge in [-0.25, -0.2) is 0 Å². The Labute approximate surface area is 136 Å². The normalized spacial score (nSPS) is 13.4. The Hall–Kier alpha value is -2.49. The van der Waals surface area contributed by atoms with Crippen LogP contribution >= 0.6 is 0 Å². The van der Waals surface area contributed by atoms with E-state index >= 15 is 0 Å². The van der Waals surface area contributed by atoms with E-state index in [0.29, 0.717) is 6.42 Å². The van der Waals surface area contributed by atoms with Crippen molar-refractivity contribution >= 4 is 11.6 Å². The van der Waals surface area contributed by atoms with Gasteiger partial charge in [0, 0.05) is 17.8 Å². The van der Waals surface area contributed by atoms with Gasteiger partial charge in [-0.15, -0.1) is 0 Å². The summed E-state index contributed by atoms with van der Waals surface area (Å²) < 4.78 is 10.6. The smallest absolute Gasteiger partial charge is 0.231 e. The molecular formula is C19H21NO3. The number of ether oxygens (including phenoxy) is 2. The first-order chi connectivity index (χ1) is 11.2. The second kappa shape index (κ2) is 6.73. The average Bonchev–Trinajstić information content (AvgIpc) is 2.61. The summed E-state index contributed by atoms with van der Waals surface area (Å²) in [7, 11) is 3.29. The SMILES string of the molecule is COc1ccc2c(c1)CCCN2C(=O)Cc1ccccc1OC. The lowest BCUT2D eigenvalue weighted by atomic mass is 10.00. The zero-order valence-corrected chi connectivity index (χ0v) is 13.5. The number of nitrogens with zero attached hydrogens (tertiary/aromatic N) is 1. The quantitative estimate of drug-likeness (QED) is 0.870. The van der Waals surface area contributed by atoms with E-state index in [2.05, 4.69) is 0 Å². The minimum absolute atomic E-state index is 0.0978. The summed E-state index contributed by atoms with van der Waals surface area (Å²) >= 11 is 0. The highest BCUT2D eigenvalue weighted by Gasteiger charge is 2.23. The highest BCUT2D eigenvalue weighted by molar-refractivity contribution is 5.96. The van der Waals surface area contributed by atoms with E-state index < -0.39 is 0 Å². The van der Waals surface area contributed by atoms with Crippen LogP contribution in [-0.4, -0.2) is 26.7 Å². The summed E-state index contributed by atoms with van der Waals surface area (Å²) in [5, 5.41) is 0. The Balaban J connectivity index is 1.84. The van der Waals surface area contributed by atoms with Crippen LogP contribution in [0.4, 0.5) is 5.69 Å². The molecule has 0 radical (unpaired) electrons. The van der Waals surface area contributed by atoms with Gasteiger partial charge >= 0.3 is 0 Å². The lowest BCUT2D eigenvalue weighted by Crippen LogP contribution is -2.36.